The van der Waals surface area contributed by atoms with Crippen molar-refractivity contribution in [3.05, 3.63) is 31.3 Å². The summed E-state index contributed by atoms with van der Waals surface area (Å²) in [5.74, 6) is -2.27. The van der Waals surface area contributed by atoms with Crippen LogP contribution in [0.2, 0.25) is 0 Å². The van der Waals surface area contributed by atoms with Gasteiger partial charge in [0.2, 0.25) is 0 Å². The predicted molar refractivity (Wildman–Crippen MR) is 145 cm³/mol. The summed E-state index contributed by atoms with van der Waals surface area (Å²) < 4.78 is 44.3. The van der Waals surface area contributed by atoms with Gasteiger partial charge < -0.3 is 33.2 Å². The summed E-state index contributed by atoms with van der Waals surface area (Å²) in [6.45, 7) is 1.43. The van der Waals surface area contributed by atoms with Gasteiger partial charge in [-0.1, -0.05) is 28.2 Å². The fraction of sp³-hybridized carbons (Fsp3) is 0.962. The number of carbonyl (C=O) groups is 1. The molecule has 10 atom stereocenters. The van der Waals surface area contributed by atoms with Crippen LogP contribution in [0.25, 0.3) is 31.3 Å². The van der Waals surface area contributed by atoms with E-state index in [-0.39, 0.29) is 13.0 Å². The number of rotatable bonds is 6. The van der Waals surface area contributed by atoms with Crippen molar-refractivity contribution in [1.29, 1.82) is 0 Å². The van der Waals surface area contributed by atoms with Crippen molar-refractivity contribution >= 4 is 5.97 Å². The average Bonchev–Trinajstić information content (AvgIpc) is 3.36. The van der Waals surface area contributed by atoms with E-state index in [1.165, 1.54) is 6.92 Å². The maximum atomic E-state index is 12.3. The Balaban J connectivity index is 1.31. The van der Waals surface area contributed by atoms with Crippen LogP contribution in [0.5, 0.6) is 0 Å². The molecule has 0 aromatic rings. The van der Waals surface area contributed by atoms with Crippen LogP contribution < -0.4 is 0 Å². The number of azide groups is 3. The molecule has 3 saturated carbocycles. The van der Waals surface area contributed by atoms with Crippen LogP contribution >= 0.6 is 0 Å². The van der Waals surface area contributed by atoms with Crippen LogP contribution in [0.15, 0.2) is 15.3 Å². The number of nitrogens with zero attached hydrogens (tertiary/aromatic N) is 9. The first-order chi connectivity index (χ1) is 20.9. The molecule has 6 fully saturated rings. The van der Waals surface area contributed by atoms with Crippen molar-refractivity contribution in [2.24, 2.45) is 15.3 Å². The van der Waals surface area contributed by atoms with E-state index in [1.54, 1.807) is 0 Å². The van der Waals surface area contributed by atoms with Crippen molar-refractivity contribution < 1.29 is 38.0 Å². The molecule has 0 amide bonds. The van der Waals surface area contributed by atoms with Gasteiger partial charge in [-0.15, -0.1) is 0 Å². The monoisotopic (exact) mass is 603 g/mol. The molecule has 17 heteroatoms. The third-order valence-corrected chi connectivity index (χ3v) is 9.48. The third-order valence-electron chi connectivity index (χ3n) is 9.48. The molecule has 0 radical (unpaired) electrons. The molecular formula is C26H37N9O8. The summed E-state index contributed by atoms with van der Waals surface area (Å²) in [7, 11) is 0. The SMILES string of the molecule is CC(=O)OC1C(N=[N+]=[N-])[C@@H](O[C@@H]2C(N=[N+]=[N-])CC(N=[N+]=[N-])C3OC4(CCCCC4)OC32)OC2COC3(CCCCC3)O[C@H]21. The second-order valence-electron chi connectivity index (χ2n) is 12.2. The van der Waals surface area contributed by atoms with E-state index in [4.69, 9.17) is 33.2 Å². The minimum atomic E-state index is -1.24. The van der Waals surface area contributed by atoms with Crippen LogP contribution in [0.4, 0.5) is 0 Å². The first-order valence-electron chi connectivity index (χ1n) is 15.2. The molecular weight excluding hydrogens is 566 g/mol. The van der Waals surface area contributed by atoms with Gasteiger partial charge in [-0.25, -0.2) is 0 Å². The van der Waals surface area contributed by atoms with E-state index < -0.39 is 78.6 Å². The number of esters is 1. The Bertz CT molecular complexity index is 1190. The van der Waals surface area contributed by atoms with E-state index in [0.29, 0.717) is 25.7 Å². The standard InChI is InChI=1S/C26H37N9O8/c1-14(36)38-22-18(32-35-29)24(39-17-13-37-25(42-21(17)22)8-4-2-5-9-25)40-19-15(30-33-27)12-16(31-34-28)20-23(19)43-26(41-20)10-6-3-7-11-26/h15-24H,2-13H2,1H3/t15?,16?,17?,18?,19-,20?,21-,22?,23?,24-/m1/s1. The number of fused-ring (bicyclic) bond motifs is 2. The normalized spacial score (nSPS) is 41.0. The van der Waals surface area contributed by atoms with Gasteiger partial charge in [0.25, 0.3) is 0 Å². The summed E-state index contributed by atoms with van der Waals surface area (Å²) in [5, 5.41) is 11.9. The van der Waals surface area contributed by atoms with Gasteiger partial charge in [0.05, 0.1) is 30.9 Å². The van der Waals surface area contributed by atoms with Gasteiger partial charge in [0.1, 0.15) is 30.5 Å². The average molecular weight is 604 g/mol. The minimum absolute atomic E-state index is 0.145. The first kappa shape index (κ1) is 30.2. The van der Waals surface area contributed by atoms with Crippen molar-refractivity contribution in [3.63, 3.8) is 0 Å². The smallest absolute Gasteiger partial charge is 0.303 e. The van der Waals surface area contributed by atoms with Gasteiger partial charge in [-0.2, -0.15) is 0 Å². The Labute approximate surface area is 247 Å². The fourth-order valence-electron chi connectivity index (χ4n) is 7.61. The van der Waals surface area contributed by atoms with E-state index in [1.807, 2.05) is 0 Å². The Morgan fingerprint density at radius 1 is 0.767 bits per heavy atom. The largest absolute Gasteiger partial charge is 0.459 e. The molecule has 3 saturated heterocycles. The van der Waals surface area contributed by atoms with Gasteiger partial charge in [-0.3, -0.25) is 4.79 Å². The molecule has 0 N–H and O–H groups in total. The summed E-state index contributed by atoms with van der Waals surface area (Å²) in [6, 6.07) is -2.62. The van der Waals surface area contributed by atoms with E-state index >= 15 is 0 Å². The highest BCUT2D eigenvalue weighted by atomic mass is 16.8. The highest BCUT2D eigenvalue weighted by Crippen LogP contribution is 2.48. The van der Waals surface area contributed by atoms with Crippen molar-refractivity contribution in [3.8, 4) is 0 Å². The molecule has 2 spiro atoms. The van der Waals surface area contributed by atoms with Gasteiger partial charge >= 0.3 is 5.97 Å². The first-order valence-corrected chi connectivity index (χ1v) is 15.2. The molecule has 6 rings (SSSR count). The Kier molecular flexibility index (Phi) is 8.88. The summed E-state index contributed by atoms with van der Waals surface area (Å²) in [5.41, 5.74) is 28.3. The van der Waals surface area contributed by atoms with Crippen molar-refractivity contribution in [1.82, 2.24) is 0 Å². The zero-order valence-electron chi connectivity index (χ0n) is 24.0. The molecule has 6 aliphatic rings. The topological polar surface area (TPSA) is 228 Å². The lowest BCUT2D eigenvalue weighted by molar-refractivity contribution is -0.388. The lowest BCUT2D eigenvalue weighted by atomic mass is 9.84. The highest BCUT2D eigenvalue weighted by Gasteiger charge is 2.60. The Morgan fingerprint density at radius 2 is 1.37 bits per heavy atom. The third kappa shape index (κ3) is 5.97. The van der Waals surface area contributed by atoms with Crippen molar-refractivity contribution in [2.75, 3.05) is 6.61 Å². The highest BCUT2D eigenvalue weighted by molar-refractivity contribution is 5.66. The quantitative estimate of drug-likeness (QED) is 0.173. The second kappa shape index (κ2) is 12.6. The lowest BCUT2D eigenvalue weighted by Crippen LogP contribution is -2.67. The number of hydrogen-bond donors (Lipinski definition) is 0. The number of ether oxygens (including phenoxy) is 7. The minimum Gasteiger partial charge on any atom is -0.459 e. The lowest BCUT2D eigenvalue weighted by Gasteiger charge is -2.53. The molecule has 3 heterocycles. The Morgan fingerprint density at radius 3 is 2.02 bits per heavy atom. The fourth-order valence-corrected chi connectivity index (χ4v) is 7.61. The summed E-state index contributed by atoms with van der Waals surface area (Å²) >= 11 is 0. The summed E-state index contributed by atoms with van der Waals surface area (Å²) in [4.78, 5) is 21.3. The number of hydrogen-bond acceptors (Lipinski definition) is 11. The molecule has 0 aromatic heterocycles. The van der Waals surface area contributed by atoms with E-state index in [0.717, 1.165) is 38.5 Å². The van der Waals surface area contributed by atoms with Gasteiger partial charge in [0.15, 0.2) is 17.9 Å². The van der Waals surface area contributed by atoms with Crippen LogP contribution in [0.3, 0.4) is 0 Å². The predicted octanol–water partition coefficient (Wildman–Crippen LogP) is 4.99. The zero-order chi connectivity index (χ0) is 30.0. The van der Waals surface area contributed by atoms with Gasteiger partial charge in [-0.05, 0) is 48.7 Å². The number of carbonyl (C=O) groups excluding carboxylic acids is 1. The second-order valence-corrected chi connectivity index (χ2v) is 12.2. The molecule has 43 heavy (non-hydrogen) atoms. The molecule has 3 aliphatic carbocycles. The Hall–Kier alpha value is -2.84. The van der Waals surface area contributed by atoms with Gasteiger partial charge in [0, 0.05) is 47.3 Å². The molecule has 0 aromatic carbocycles. The van der Waals surface area contributed by atoms with Crippen LogP contribution in [-0.2, 0) is 38.0 Å². The maximum Gasteiger partial charge on any atom is 0.303 e. The molecule has 7 unspecified atom stereocenters. The van der Waals surface area contributed by atoms with E-state index in [9.17, 15) is 21.4 Å². The molecule has 234 valence electrons. The molecule has 3 aliphatic heterocycles. The van der Waals surface area contributed by atoms with Crippen LogP contribution in [-0.4, -0.2) is 85.2 Å². The van der Waals surface area contributed by atoms with Crippen molar-refractivity contribution in [2.45, 2.75) is 150 Å². The van der Waals surface area contributed by atoms with Crippen LogP contribution in [0, 0.1) is 0 Å². The van der Waals surface area contributed by atoms with Crippen LogP contribution in [0.1, 0.15) is 77.6 Å². The van der Waals surface area contributed by atoms with E-state index in [2.05, 4.69) is 30.1 Å². The summed E-state index contributed by atoms with van der Waals surface area (Å²) in [6.07, 6.45) is 2.62. The molecule has 17 nitrogen and oxygen atoms in total. The zero-order valence-corrected chi connectivity index (χ0v) is 24.0. The molecule has 0 bridgehead atoms. The maximum absolute atomic E-state index is 12.3.